The summed E-state index contributed by atoms with van der Waals surface area (Å²) in [7, 11) is 1.62. The van der Waals surface area contributed by atoms with Crippen molar-refractivity contribution in [1.29, 1.82) is 0 Å². The Balaban J connectivity index is 1.54. The van der Waals surface area contributed by atoms with Crippen molar-refractivity contribution in [1.82, 2.24) is 10.3 Å². The number of carbonyl (C=O) groups excluding carboxylic acids is 1. The summed E-state index contributed by atoms with van der Waals surface area (Å²) in [4.78, 5) is 15.4. The highest BCUT2D eigenvalue weighted by molar-refractivity contribution is 5.81. The molecule has 0 aliphatic heterocycles. The molecule has 24 heavy (non-hydrogen) atoms. The summed E-state index contributed by atoms with van der Waals surface area (Å²) in [5, 5.41) is 4.20. The first-order valence-corrected chi connectivity index (χ1v) is 8.12. The molecular weight excluding hydrogens is 300 g/mol. The highest BCUT2D eigenvalue weighted by Gasteiger charge is 2.08. The maximum absolute atomic E-state index is 12.1. The number of hydrogen-bond acceptors (Lipinski definition) is 2. The van der Waals surface area contributed by atoms with Crippen LogP contribution in [0.15, 0.2) is 48.5 Å². The molecule has 0 fully saturated rings. The number of ether oxygens (including phenoxy) is 1. The van der Waals surface area contributed by atoms with Gasteiger partial charge >= 0.3 is 0 Å². The van der Waals surface area contributed by atoms with Gasteiger partial charge in [-0.1, -0.05) is 24.3 Å². The number of benzene rings is 2. The largest absolute Gasteiger partial charge is 0.496 e. The predicted octanol–water partition coefficient (Wildman–Crippen LogP) is 3.39. The first-order valence-electron chi connectivity index (χ1n) is 8.12. The highest BCUT2D eigenvalue weighted by atomic mass is 16.5. The van der Waals surface area contributed by atoms with Crippen molar-refractivity contribution in [2.75, 3.05) is 13.7 Å². The van der Waals surface area contributed by atoms with Crippen LogP contribution in [0.4, 0.5) is 0 Å². The summed E-state index contributed by atoms with van der Waals surface area (Å²) in [5.41, 5.74) is 4.43. The van der Waals surface area contributed by atoms with Crippen molar-refractivity contribution in [3.05, 3.63) is 65.4 Å². The molecule has 124 valence electrons. The molecule has 0 saturated heterocycles. The van der Waals surface area contributed by atoms with Gasteiger partial charge < -0.3 is 15.0 Å². The van der Waals surface area contributed by atoms with E-state index in [1.807, 2.05) is 24.3 Å². The average Bonchev–Trinajstić information content (AvgIpc) is 2.94. The molecule has 1 heterocycles. The molecule has 0 unspecified atom stereocenters. The molecule has 0 spiro atoms. The lowest BCUT2D eigenvalue weighted by molar-refractivity contribution is -0.120. The van der Waals surface area contributed by atoms with Crippen molar-refractivity contribution >= 4 is 16.8 Å². The Labute approximate surface area is 141 Å². The van der Waals surface area contributed by atoms with Crippen molar-refractivity contribution < 1.29 is 9.53 Å². The van der Waals surface area contributed by atoms with E-state index < -0.39 is 0 Å². The Kier molecular flexibility index (Phi) is 4.85. The fourth-order valence-corrected chi connectivity index (χ4v) is 2.91. The van der Waals surface area contributed by atoms with E-state index in [-0.39, 0.29) is 5.91 Å². The van der Waals surface area contributed by atoms with Crippen LogP contribution in [-0.4, -0.2) is 24.5 Å². The van der Waals surface area contributed by atoms with Crippen molar-refractivity contribution in [2.24, 2.45) is 0 Å². The number of rotatable bonds is 6. The van der Waals surface area contributed by atoms with Gasteiger partial charge in [0.2, 0.25) is 5.91 Å². The molecule has 4 heteroatoms. The molecule has 0 radical (unpaired) electrons. The minimum absolute atomic E-state index is 0.0121. The van der Waals surface area contributed by atoms with Crippen molar-refractivity contribution in [2.45, 2.75) is 19.8 Å². The summed E-state index contributed by atoms with van der Waals surface area (Å²) >= 11 is 0. The van der Waals surface area contributed by atoms with E-state index in [1.54, 1.807) is 7.11 Å². The molecule has 0 bridgehead atoms. The fraction of sp³-hybridized carbons (Fsp3) is 0.250. The van der Waals surface area contributed by atoms with E-state index >= 15 is 0 Å². The van der Waals surface area contributed by atoms with Crippen LogP contribution in [0.3, 0.4) is 0 Å². The molecule has 0 aliphatic carbocycles. The average molecular weight is 322 g/mol. The molecule has 2 aromatic carbocycles. The first-order chi connectivity index (χ1) is 11.7. The number of fused-ring (bicyclic) bond motifs is 1. The normalized spacial score (nSPS) is 10.8. The molecule has 0 atom stereocenters. The van der Waals surface area contributed by atoms with E-state index in [1.165, 1.54) is 10.9 Å². The van der Waals surface area contributed by atoms with E-state index in [2.05, 4.69) is 41.5 Å². The predicted molar refractivity (Wildman–Crippen MR) is 96.4 cm³/mol. The summed E-state index contributed by atoms with van der Waals surface area (Å²) in [6.45, 7) is 2.68. The second kappa shape index (κ2) is 7.21. The van der Waals surface area contributed by atoms with Crippen LogP contribution in [0.1, 0.15) is 16.8 Å². The topological polar surface area (TPSA) is 54.1 Å². The highest BCUT2D eigenvalue weighted by Crippen LogP contribution is 2.18. The van der Waals surface area contributed by atoms with Crippen LogP contribution >= 0.6 is 0 Å². The Bertz CT molecular complexity index is 852. The molecular formula is C20H22N2O2. The molecule has 3 rings (SSSR count). The summed E-state index contributed by atoms with van der Waals surface area (Å²) in [5.74, 6) is 0.763. The molecule has 1 amide bonds. The minimum atomic E-state index is 0.0121. The van der Waals surface area contributed by atoms with Gasteiger partial charge in [-0.05, 0) is 48.6 Å². The number of H-pyrrole nitrogens is 1. The molecule has 1 aromatic heterocycles. The maximum Gasteiger partial charge on any atom is 0.224 e. The van der Waals surface area contributed by atoms with E-state index in [4.69, 9.17) is 4.74 Å². The van der Waals surface area contributed by atoms with Crippen molar-refractivity contribution in [3.8, 4) is 5.75 Å². The first kappa shape index (κ1) is 16.1. The summed E-state index contributed by atoms with van der Waals surface area (Å²) in [6, 6.07) is 16.1. The number of nitrogens with one attached hydrogen (secondary N) is 2. The SMILES string of the molecule is COc1ccccc1CC(=O)NCCc1ccc2[nH]c(C)cc2c1. The van der Waals surface area contributed by atoms with Gasteiger partial charge in [0.15, 0.2) is 0 Å². The van der Waals surface area contributed by atoms with Crippen LogP contribution in [0.25, 0.3) is 10.9 Å². The lowest BCUT2D eigenvalue weighted by Gasteiger charge is -2.09. The lowest BCUT2D eigenvalue weighted by atomic mass is 10.1. The second-order valence-corrected chi connectivity index (χ2v) is 5.96. The van der Waals surface area contributed by atoms with Crippen LogP contribution in [0, 0.1) is 6.92 Å². The zero-order valence-electron chi connectivity index (χ0n) is 14.1. The van der Waals surface area contributed by atoms with Gasteiger partial charge in [-0.15, -0.1) is 0 Å². The molecule has 3 aromatic rings. The van der Waals surface area contributed by atoms with Gasteiger partial charge in [0.05, 0.1) is 13.5 Å². The maximum atomic E-state index is 12.1. The van der Waals surface area contributed by atoms with Gasteiger partial charge in [0, 0.05) is 23.3 Å². The molecule has 2 N–H and O–H groups in total. The third-order valence-corrected chi connectivity index (χ3v) is 4.10. The molecule has 4 nitrogen and oxygen atoms in total. The summed E-state index contributed by atoms with van der Waals surface area (Å²) < 4.78 is 5.28. The quantitative estimate of drug-likeness (QED) is 0.731. The number of methoxy groups -OCH3 is 1. The number of hydrogen-bond donors (Lipinski definition) is 2. The number of aryl methyl sites for hydroxylation is 1. The van der Waals surface area contributed by atoms with Crippen LogP contribution in [0.5, 0.6) is 5.75 Å². The minimum Gasteiger partial charge on any atom is -0.496 e. The summed E-state index contributed by atoms with van der Waals surface area (Å²) in [6.07, 6.45) is 1.15. The Hall–Kier alpha value is -2.75. The fourth-order valence-electron chi connectivity index (χ4n) is 2.91. The Morgan fingerprint density at radius 1 is 1.17 bits per heavy atom. The van der Waals surface area contributed by atoms with E-state index in [0.717, 1.165) is 28.9 Å². The smallest absolute Gasteiger partial charge is 0.224 e. The lowest BCUT2D eigenvalue weighted by Crippen LogP contribution is -2.27. The Morgan fingerprint density at radius 3 is 2.83 bits per heavy atom. The zero-order chi connectivity index (χ0) is 16.9. The number of aromatic nitrogens is 1. The number of carbonyl (C=O) groups is 1. The van der Waals surface area contributed by atoms with E-state index in [0.29, 0.717) is 13.0 Å². The van der Waals surface area contributed by atoms with Crippen LogP contribution in [-0.2, 0) is 17.6 Å². The van der Waals surface area contributed by atoms with Gasteiger partial charge in [0.1, 0.15) is 5.75 Å². The third kappa shape index (κ3) is 3.77. The monoisotopic (exact) mass is 322 g/mol. The second-order valence-electron chi connectivity index (χ2n) is 5.96. The molecule has 0 aliphatic rings. The zero-order valence-corrected chi connectivity index (χ0v) is 14.1. The van der Waals surface area contributed by atoms with Gasteiger partial charge in [0.25, 0.3) is 0 Å². The van der Waals surface area contributed by atoms with Gasteiger partial charge in [-0.3, -0.25) is 4.79 Å². The Morgan fingerprint density at radius 2 is 2.00 bits per heavy atom. The number of para-hydroxylation sites is 1. The van der Waals surface area contributed by atoms with E-state index in [9.17, 15) is 4.79 Å². The van der Waals surface area contributed by atoms with Gasteiger partial charge in [-0.25, -0.2) is 0 Å². The third-order valence-electron chi connectivity index (χ3n) is 4.10. The van der Waals surface area contributed by atoms with Gasteiger partial charge in [-0.2, -0.15) is 0 Å². The van der Waals surface area contributed by atoms with Crippen LogP contribution in [0.2, 0.25) is 0 Å². The molecule has 0 saturated carbocycles. The number of aromatic amines is 1. The van der Waals surface area contributed by atoms with Crippen LogP contribution < -0.4 is 10.1 Å². The standard InChI is InChI=1S/C20H22N2O2/c1-14-11-17-12-15(7-8-18(17)22-14)9-10-21-20(23)13-16-5-3-4-6-19(16)24-2/h3-8,11-12,22H,9-10,13H2,1-2H3,(H,21,23). The van der Waals surface area contributed by atoms with Crippen molar-refractivity contribution in [3.63, 3.8) is 0 Å². The number of amides is 1.